The molecule has 0 saturated carbocycles. The Morgan fingerprint density at radius 1 is 1.07 bits per heavy atom. The average Bonchev–Trinajstić information content (AvgIpc) is 3.41. The molecule has 3 rings (SSSR count). The Labute approximate surface area is 242 Å². The summed E-state index contributed by atoms with van der Waals surface area (Å²) in [4.78, 5) is 28.3. The summed E-state index contributed by atoms with van der Waals surface area (Å²) in [5.41, 5.74) is 1.34. The van der Waals surface area contributed by atoms with Gasteiger partial charge in [0.2, 0.25) is 5.76 Å². The van der Waals surface area contributed by atoms with E-state index in [4.69, 9.17) is 14.6 Å². The van der Waals surface area contributed by atoms with Crippen molar-refractivity contribution in [1.29, 1.82) is 0 Å². The van der Waals surface area contributed by atoms with Crippen molar-refractivity contribution in [3.8, 4) is 17.0 Å². The number of anilines is 1. The summed E-state index contributed by atoms with van der Waals surface area (Å²) in [6, 6.07) is 7.35. The lowest BCUT2D eigenvalue weighted by atomic mass is 10.0. The number of methoxy groups -OCH3 is 2. The van der Waals surface area contributed by atoms with Crippen molar-refractivity contribution in [3.63, 3.8) is 0 Å². The highest BCUT2D eigenvalue weighted by Crippen LogP contribution is 2.35. The molecule has 0 radical (unpaired) electrons. The fourth-order valence-corrected chi connectivity index (χ4v) is 4.84. The fourth-order valence-electron chi connectivity index (χ4n) is 4.13. The van der Waals surface area contributed by atoms with Crippen LogP contribution in [0.15, 0.2) is 41.5 Å². The molecule has 0 fully saturated rings. The molecule has 2 N–H and O–H groups in total. The van der Waals surface area contributed by atoms with Crippen LogP contribution in [0.2, 0.25) is 0 Å². The number of carbonyl (C=O) groups excluding carboxylic acids is 1. The molecule has 2 aromatic carbocycles. The summed E-state index contributed by atoms with van der Waals surface area (Å²) in [5, 5.41) is 13.5. The van der Waals surface area contributed by atoms with Gasteiger partial charge in [-0.15, -0.1) is 11.3 Å². The molecule has 1 heterocycles. The normalized spacial score (nSPS) is 11.4. The highest BCUT2D eigenvalue weighted by molar-refractivity contribution is 7.14. The summed E-state index contributed by atoms with van der Waals surface area (Å²) < 4.78 is 45.2. The highest BCUT2D eigenvalue weighted by atomic mass is 32.1. The van der Waals surface area contributed by atoms with Gasteiger partial charge in [-0.2, -0.15) is 0 Å². The van der Waals surface area contributed by atoms with E-state index in [0.717, 1.165) is 54.7 Å². The van der Waals surface area contributed by atoms with Gasteiger partial charge in [0.1, 0.15) is 17.4 Å². The van der Waals surface area contributed by atoms with Crippen LogP contribution in [0.4, 0.5) is 13.9 Å². The third-order valence-electron chi connectivity index (χ3n) is 6.26. The Bertz CT molecular complexity index is 1350. The number of amides is 1. The van der Waals surface area contributed by atoms with Crippen LogP contribution in [-0.2, 0) is 20.7 Å². The van der Waals surface area contributed by atoms with E-state index in [1.807, 2.05) is 18.2 Å². The first-order chi connectivity index (χ1) is 19.8. The van der Waals surface area contributed by atoms with Gasteiger partial charge in [0.25, 0.3) is 5.91 Å². The van der Waals surface area contributed by atoms with E-state index >= 15 is 0 Å². The van der Waals surface area contributed by atoms with E-state index < -0.39 is 34.8 Å². The number of carboxylic acids is 1. The first-order valence-electron chi connectivity index (χ1n) is 13.3. The fraction of sp³-hybridized carbons (Fsp3) is 0.367. The van der Waals surface area contributed by atoms with Crippen LogP contribution in [0.25, 0.3) is 17.3 Å². The van der Waals surface area contributed by atoms with Crippen molar-refractivity contribution in [2.24, 2.45) is 0 Å². The number of aromatic nitrogens is 1. The maximum Gasteiger partial charge on any atom is 0.371 e. The molecular formula is C30H34F2N2O6S. The lowest BCUT2D eigenvalue weighted by Crippen LogP contribution is -2.13. The van der Waals surface area contributed by atoms with Crippen molar-refractivity contribution in [2.75, 3.05) is 32.8 Å². The number of hydrogen-bond donors (Lipinski definition) is 2. The lowest BCUT2D eigenvalue weighted by Gasteiger charge is -2.13. The summed E-state index contributed by atoms with van der Waals surface area (Å²) >= 11 is 1.15. The predicted octanol–water partition coefficient (Wildman–Crippen LogP) is 6.95. The van der Waals surface area contributed by atoms with Crippen LogP contribution in [0, 0.1) is 11.6 Å². The summed E-state index contributed by atoms with van der Waals surface area (Å²) in [7, 11) is 2.65. The van der Waals surface area contributed by atoms with Gasteiger partial charge in [0, 0.05) is 34.8 Å². The minimum atomic E-state index is -1.49. The van der Waals surface area contributed by atoms with E-state index in [9.17, 15) is 18.4 Å². The average molecular weight is 589 g/mol. The Morgan fingerprint density at radius 3 is 2.46 bits per heavy atom. The number of unbranched alkanes of at least 4 members (excludes halogenated alkanes) is 4. The molecule has 1 aromatic heterocycles. The first-order valence-corrected chi connectivity index (χ1v) is 14.2. The van der Waals surface area contributed by atoms with Crippen molar-refractivity contribution in [3.05, 3.63) is 69.8 Å². The molecule has 0 bridgehead atoms. The van der Waals surface area contributed by atoms with Gasteiger partial charge in [-0.3, -0.25) is 10.1 Å². The van der Waals surface area contributed by atoms with E-state index in [1.165, 1.54) is 25.7 Å². The van der Waals surface area contributed by atoms with E-state index in [2.05, 4.69) is 22.0 Å². The number of hydrogen-bond acceptors (Lipinski definition) is 7. The van der Waals surface area contributed by atoms with Crippen molar-refractivity contribution < 1.29 is 37.7 Å². The second-order valence-corrected chi connectivity index (χ2v) is 10.00. The summed E-state index contributed by atoms with van der Waals surface area (Å²) in [6.07, 6.45) is 7.29. The van der Waals surface area contributed by atoms with Crippen molar-refractivity contribution >= 4 is 34.4 Å². The zero-order valence-electron chi connectivity index (χ0n) is 23.3. The molecular weight excluding hydrogens is 554 g/mol. The van der Waals surface area contributed by atoms with Gasteiger partial charge in [0.05, 0.1) is 26.5 Å². The predicted molar refractivity (Wildman–Crippen MR) is 154 cm³/mol. The molecule has 1 amide bonds. The number of thiazole rings is 1. The molecule has 0 aliphatic rings. The molecule has 0 saturated heterocycles. The highest BCUT2D eigenvalue weighted by Gasteiger charge is 2.19. The molecule has 0 spiro atoms. The first kappa shape index (κ1) is 31.7. The van der Waals surface area contributed by atoms with Gasteiger partial charge >= 0.3 is 5.97 Å². The van der Waals surface area contributed by atoms with Gasteiger partial charge in [0.15, 0.2) is 5.13 Å². The van der Waals surface area contributed by atoms with E-state index in [1.54, 1.807) is 12.5 Å². The van der Waals surface area contributed by atoms with Gasteiger partial charge in [-0.25, -0.2) is 18.6 Å². The number of ether oxygens (including phenoxy) is 3. The molecule has 41 heavy (non-hydrogen) atoms. The molecule has 220 valence electrons. The second kappa shape index (κ2) is 15.8. The molecule has 0 atom stereocenters. The quantitative estimate of drug-likeness (QED) is 0.106. The van der Waals surface area contributed by atoms with Crippen molar-refractivity contribution in [2.45, 2.75) is 45.4 Å². The number of benzene rings is 2. The number of nitrogens with zero attached hydrogens (tertiary/aromatic N) is 1. The maximum absolute atomic E-state index is 14.6. The van der Waals surface area contributed by atoms with Crippen LogP contribution in [0.5, 0.6) is 5.75 Å². The standard InChI is InChI=1S/C30H34F2N2O6S/c1-4-5-6-7-8-13-40-14-12-19-10-9-11-21(27(19)39-3)25-18-41-30(33-25)34-28(35)20-15-23(31)22(24(32)16-20)17-26(38-2)29(36)37/h9-11,15-18H,4-8,12-14H2,1-3H3,(H,36,37)(H,33,34,35)/b26-17+. The van der Waals surface area contributed by atoms with Crippen LogP contribution in [-0.4, -0.2) is 49.4 Å². The number of carbonyl (C=O) groups is 2. The minimum Gasteiger partial charge on any atom is -0.496 e. The topological polar surface area (TPSA) is 107 Å². The number of rotatable bonds is 16. The number of aliphatic carboxylic acids is 1. The molecule has 11 heteroatoms. The van der Waals surface area contributed by atoms with Crippen LogP contribution in [0.3, 0.4) is 0 Å². The van der Waals surface area contributed by atoms with Crippen LogP contribution in [0.1, 0.15) is 60.5 Å². The lowest BCUT2D eigenvalue weighted by molar-refractivity contribution is -0.135. The molecule has 3 aromatic rings. The zero-order valence-corrected chi connectivity index (χ0v) is 24.1. The SMILES string of the molecule is CCCCCCCOCCc1cccc(-c2csc(NC(=O)c3cc(F)c(/C=C(/OC)C(=O)O)c(F)c3)n2)c1OC. The maximum atomic E-state index is 14.6. The Hall–Kier alpha value is -3.83. The minimum absolute atomic E-state index is 0.223. The molecule has 0 unspecified atom stereocenters. The number of nitrogens with one attached hydrogen (secondary N) is 1. The molecule has 8 nitrogen and oxygen atoms in total. The van der Waals surface area contributed by atoms with Crippen LogP contribution < -0.4 is 10.1 Å². The Morgan fingerprint density at radius 2 is 1.80 bits per heavy atom. The van der Waals surface area contributed by atoms with Gasteiger partial charge in [-0.1, -0.05) is 44.7 Å². The number of halogens is 2. The summed E-state index contributed by atoms with van der Waals surface area (Å²) in [6.45, 7) is 3.48. The Kier molecular flexibility index (Phi) is 12.2. The van der Waals surface area contributed by atoms with Crippen LogP contribution >= 0.6 is 11.3 Å². The van der Waals surface area contributed by atoms with Crippen molar-refractivity contribution in [1.82, 2.24) is 4.98 Å². The van der Waals surface area contributed by atoms with E-state index in [0.29, 0.717) is 30.5 Å². The third kappa shape index (κ3) is 8.83. The van der Waals surface area contributed by atoms with Gasteiger partial charge in [-0.05, 0) is 36.6 Å². The number of carboxylic acid groups (broad SMARTS) is 1. The summed E-state index contributed by atoms with van der Waals surface area (Å²) in [5.74, 6) is -4.50. The monoisotopic (exact) mass is 588 g/mol. The Balaban J connectivity index is 1.68. The second-order valence-electron chi connectivity index (χ2n) is 9.14. The third-order valence-corrected chi connectivity index (χ3v) is 7.01. The molecule has 0 aliphatic heterocycles. The largest absolute Gasteiger partial charge is 0.496 e. The molecule has 0 aliphatic carbocycles. The number of para-hydroxylation sites is 1. The van der Waals surface area contributed by atoms with Gasteiger partial charge < -0.3 is 19.3 Å². The zero-order chi connectivity index (χ0) is 29.8. The van der Waals surface area contributed by atoms with E-state index in [-0.39, 0.29) is 10.7 Å². The smallest absolute Gasteiger partial charge is 0.371 e.